The van der Waals surface area contributed by atoms with Crippen LogP contribution in [0.1, 0.15) is 12.8 Å². The summed E-state index contributed by atoms with van der Waals surface area (Å²) in [7, 11) is 0. The van der Waals surface area contributed by atoms with E-state index in [0.29, 0.717) is 4.75 Å². The highest BCUT2D eigenvalue weighted by Crippen LogP contribution is 2.33. The Morgan fingerprint density at radius 2 is 2.08 bits per heavy atom. The third-order valence-corrected chi connectivity index (χ3v) is 4.43. The first-order valence-corrected chi connectivity index (χ1v) is 6.07. The summed E-state index contributed by atoms with van der Waals surface area (Å²) in [6.07, 6.45) is 4.46. The van der Waals surface area contributed by atoms with Crippen molar-refractivity contribution in [2.45, 2.75) is 17.6 Å². The Balaban J connectivity index is 2.36. The van der Waals surface area contributed by atoms with Gasteiger partial charge >= 0.3 is 0 Å². The second-order valence-corrected chi connectivity index (χ2v) is 4.93. The summed E-state index contributed by atoms with van der Waals surface area (Å²) >= 11 is 1.90. The molecule has 0 amide bonds. The minimum atomic E-state index is 0.273. The third kappa shape index (κ3) is 2.84. The van der Waals surface area contributed by atoms with Crippen LogP contribution in [-0.2, 0) is 0 Å². The van der Waals surface area contributed by atoms with E-state index in [1.165, 1.54) is 0 Å². The first kappa shape index (κ1) is 11.3. The standard InChI is InChI=1S/C9H20N2OS/c1-13-9(8-10)2-4-11(5-3-9)6-7-12/h12H,2-8,10H2,1H3. The molecule has 0 aromatic carbocycles. The Bertz CT molecular complexity index is 141. The van der Waals surface area contributed by atoms with Gasteiger partial charge in [-0.05, 0) is 32.2 Å². The summed E-state index contributed by atoms with van der Waals surface area (Å²) in [6, 6.07) is 0. The second-order valence-electron chi connectivity index (χ2n) is 3.66. The molecule has 3 N–H and O–H groups in total. The molecule has 1 fully saturated rings. The number of aliphatic hydroxyl groups is 1. The van der Waals surface area contributed by atoms with Gasteiger partial charge in [0.15, 0.2) is 0 Å². The van der Waals surface area contributed by atoms with Gasteiger partial charge in [-0.1, -0.05) is 0 Å². The molecule has 0 aromatic rings. The fraction of sp³-hybridized carbons (Fsp3) is 1.00. The van der Waals surface area contributed by atoms with E-state index >= 15 is 0 Å². The van der Waals surface area contributed by atoms with Crippen molar-refractivity contribution >= 4 is 11.8 Å². The van der Waals surface area contributed by atoms with Crippen molar-refractivity contribution in [2.75, 3.05) is 39.0 Å². The zero-order chi connectivity index (χ0) is 9.73. The molecule has 0 aromatic heterocycles. The van der Waals surface area contributed by atoms with Crippen molar-refractivity contribution in [3.63, 3.8) is 0 Å². The van der Waals surface area contributed by atoms with Crippen LogP contribution in [0.5, 0.6) is 0 Å². The van der Waals surface area contributed by atoms with E-state index in [9.17, 15) is 0 Å². The van der Waals surface area contributed by atoms with Gasteiger partial charge in [-0.3, -0.25) is 0 Å². The SMILES string of the molecule is CSC1(CN)CCN(CCO)CC1. The van der Waals surface area contributed by atoms with Gasteiger partial charge < -0.3 is 15.7 Å². The molecule has 1 heterocycles. The van der Waals surface area contributed by atoms with Gasteiger partial charge in [0.25, 0.3) is 0 Å². The highest BCUT2D eigenvalue weighted by Gasteiger charge is 2.31. The largest absolute Gasteiger partial charge is 0.395 e. The van der Waals surface area contributed by atoms with Gasteiger partial charge in [-0.15, -0.1) is 0 Å². The molecule has 1 aliphatic heterocycles. The molecule has 0 atom stereocenters. The summed E-state index contributed by atoms with van der Waals surface area (Å²) in [6.45, 7) is 4.03. The smallest absolute Gasteiger partial charge is 0.0558 e. The Kier molecular flexibility index (Phi) is 4.52. The molecular formula is C9H20N2OS. The Morgan fingerprint density at radius 1 is 1.46 bits per heavy atom. The predicted molar refractivity (Wildman–Crippen MR) is 58.1 cm³/mol. The summed E-state index contributed by atoms with van der Waals surface area (Å²) in [5.41, 5.74) is 5.78. The molecule has 0 saturated carbocycles. The van der Waals surface area contributed by atoms with Crippen LogP contribution in [0, 0.1) is 0 Å². The number of hydrogen-bond donors (Lipinski definition) is 2. The van der Waals surface area contributed by atoms with E-state index in [-0.39, 0.29) is 6.61 Å². The van der Waals surface area contributed by atoms with Gasteiger partial charge in [-0.25, -0.2) is 0 Å². The lowest BCUT2D eigenvalue weighted by Gasteiger charge is -2.39. The summed E-state index contributed by atoms with van der Waals surface area (Å²) < 4.78 is 0.311. The molecule has 1 saturated heterocycles. The maximum absolute atomic E-state index is 8.79. The third-order valence-electron chi connectivity index (χ3n) is 2.99. The summed E-state index contributed by atoms with van der Waals surface area (Å²) in [5.74, 6) is 0. The number of nitrogens with zero attached hydrogens (tertiary/aromatic N) is 1. The lowest BCUT2D eigenvalue weighted by Crippen LogP contribution is -2.47. The average Bonchev–Trinajstić information content (AvgIpc) is 2.20. The van der Waals surface area contributed by atoms with E-state index in [1.54, 1.807) is 0 Å². The fourth-order valence-electron chi connectivity index (χ4n) is 1.82. The minimum Gasteiger partial charge on any atom is -0.395 e. The van der Waals surface area contributed by atoms with Gasteiger partial charge in [0.05, 0.1) is 6.61 Å². The first-order chi connectivity index (χ1) is 6.26. The zero-order valence-corrected chi connectivity index (χ0v) is 9.15. The topological polar surface area (TPSA) is 49.5 Å². The van der Waals surface area contributed by atoms with Crippen molar-refractivity contribution in [3.8, 4) is 0 Å². The van der Waals surface area contributed by atoms with Crippen LogP contribution >= 0.6 is 11.8 Å². The van der Waals surface area contributed by atoms with Gasteiger partial charge in [0.2, 0.25) is 0 Å². The number of aliphatic hydroxyl groups excluding tert-OH is 1. The van der Waals surface area contributed by atoms with Gasteiger partial charge in [0.1, 0.15) is 0 Å². The van der Waals surface area contributed by atoms with Crippen LogP contribution in [0.4, 0.5) is 0 Å². The maximum atomic E-state index is 8.79. The fourth-order valence-corrected chi connectivity index (χ4v) is 2.57. The normalized spacial score (nSPS) is 23.3. The molecule has 4 heteroatoms. The lowest BCUT2D eigenvalue weighted by molar-refractivity contribution is 0.159. The molecule has 78 valence electrons. The number of rotatable bonds is 4. The number of thioether (sulfide) groups is 1. The number of likely N-dealkylation sites (tertiary alicyclic amines) is 1. The van der Waals surface area contributed by atoms with Gasteiger partial charge in [0, 0.05) is 17.8 Å². The Morgan fingerprint density at radius 3 is 2.46 bits per heavy atom. The second kappa shape index (κ2) is 5.20. The lowest BCUT2D eigenvalue weighted by atomic mass is 9.96. The number of hydrogen-bond acceptors (Lipinski definition) is 4. The quantitative estimate of drug-likeness (QED) is 0.684. The van der Waals surface area contributed by atoms with Crippen molar-refractivity contribution in [1.82, 2.24) is 4.90 Å². The maximum Gasteiger partial charge on any atom is 0.0558 e. The van der Waals surface area contributed by atoms with Crippen molar-refractivity contribution in [2.24, 2.45) is 5.73 Å². The molecule has 1 aliphatic rings. The van der Waals surface area contributed by atoms with Crippen LogP contribution in [0.25, 0.3) is 0 Å². The first-order valence-electron chi connectivity index (χ1n) is 4.85. The molecule has 0 radical (unpaired) electrons. The van der Waals surface area contributed by atoms with Crippen LogP contribution in [0.2, 0.25) is 0 Å². The number of nitrogens with two attached hydrogens (primary N) is 1. The molecule has 3 nitrogen and oxygen atoms in total. The molecule has 1 rings (SSSR count). The monoisotopic (exact) mass is 204 g/mol. The Labute approximate surface area is 84.7 Å². The minimum absolute atomic E-state index is 0.273. The van der Waals surface area contributed by atoms with E-state index in [4.69, 9.17) is 10.8 Å². The zero-order valence-electron chi connectivity index (χ0n) is 8.33. The van der Waals surface area contributed by atoms with Gasteiger partial charge in [-0.2, -0.15) is 11.8 Å². The van der Waals surface area contributed by atoms with E-state index in [1.807, 2.05) is 11.8 Å². The predicted octanol–water partition coefficient (Wildman–Crippen LogP) is 0.135. The van der Waals surface area contributed by atoms with Crippen molar-refractivity contribution in [3.05, 3.63) is 0 Å². The summed E-state index contributed by atoms with van der Waals surface area (Å²) in [5, 5.41) is 8.79. The van der Waals surface area contributed by atoms with Crippen molar-refractivity contribution < 1.29 is 5.11 Å². The van der Waals surface area contributed by atoms with E-state index in [2.05, 4.69) is 11.2 Å². The molecule has 0 unspecified atom stereocenters. The van der Waals surface area contributed by atoms with Crippen LogP contribution in [0.15, 0.2) is 0 Å². The highest BCUT2D eigenvalue weighted by molar-refractivity contribution is 8.00. The number of piperidine rings is 1. The summed E-state index contributed by atoms with van der Waals surface area (Å²) in [4.78, 5) is 2.31. The average molecular weight is 204 g/mol. The highest BCUT2D eigenvalue weighted by atomic mass is 32.2. The molecule has 0 spiro atoms. The van der Waals surface area contributed by atoms with E-state index < -0.39 is 0 Å². The molecular weight excluding hydrogens is 184 g/mol. The van der Waals surface area contributed by atoms with Crippen LogP contribution in [-0.4, -0.2) is 53.8 Å². The van der Waals surface area contributed by atoms with Crippen molar-refractivity contribution in [1.29, 1.82) is 0 Å². The molecule has 13 heavy (non-hydrogen) atoms. The molecule has 0 bridgehead atoms. The Hall–Kier alpha value is 0.230. The van der Waals surface area contributed by atoms with Crippen LogP contribution < -0.4 is 5.73 Å². The van der Waals surface area contributed by atoms with E-state index in [0.717, 1.165) is 39.0 Å². The van der Waals surface area contributed by atoms with Crippen LogP contribution in [0.3, 0.4) is 0 Å². The molecule has 0 aliphatic carbocycles. The number of β-amino-alcohol motifs (C(OH)–C–C–N with tert-alkyl or cyclic N) is 1.